The monoisotopic (exact) mass is 543 g/mol. The molecule has 0 spiro atoms. The van der Waals surface area contributed by atoms with E-state index >= 15 is 0 Å². The Bertz CT molecular complexity index is 1070. The molecular formula is C22H28Cl3N7O3. The van der Waals surface area contributed by atoms with Gasteiger partial charge in [0.25, 0.3) is 11.8 Å². The smallest absolute Gasteiger partial charge is 0.270 e. The standard InChI is InChI=1S/C22H28Cl3N7O3/c1-13-17(23)18(24)19(27-13)21(34)28-14-2-5-32(6-3-14)16-12-15(29-22(25)30-16)20(33)26-4-7-31-8-10-35-11-9-31/h12,14,27H,2-11H2,1H3,(H,26,33)(H,28,34). The topological polar surface area (TPSA) is 115 Å². The maximum atomic E-state index is 12.6. The van der Waals surface area contributed by atoms with E-state index in [-0.39, 0.29) is 39.6 Å². The molecule has 2 aliphatic rings. The van der Waals surface area contributed by atoms with Gasteiger partial charge in [-0.25, -0.2) is 9.97 Å². The summed E-state index contributed by atoms with van der Waals surface area (Å²) in [7, 11) is 0. The number of anilines is 1. The lowest BCUT2D eigenvalue weighted by molar-refractivity contribution is 0.0383. The van der Waals surface area contributed by atoms with E-state index in [1.165, 1.54) is 0 Å². The first kappa shape index (κ1) is 26.0. The molecule has 13 heteroatoms. The molecule has 3 N–H and O–H groups in total. The number of hydrogen-bond donors (Lipinski definition) is 3. The highest BCUT2D eigenvalue weighted by atomic mass is 35.5. The molecular weight excluding hydrogens is 517 g/mol. The summed E-state index contributed by atoms with van der Waals surface area (Å²) in [6.07, 6.45) is 1.39. The molecule has 0 bridgehead atoms. The number of H-pyrrole nitrogens is 1. The quantitative estimate of drug-likeness (QED) is 0.459. The van der Waals surface area contributed by atoms with Gasteiger partial charge in [0.1, 0.15) is 17.2 Å². The van der Waals surface area contributed by atoms with E-state index in [0.717, 1.165) is 19.6 Å². The molecule has 2 aromatic rings. The normalized spacial score (nSPS) is 17.4. The van der Waals surface area contributed by atoms with E-state index in [4.69, 9.17) is 39.5 Å². The van der Waals surface area contributed by atoms with Gasteiger partial charge in [0.05, 0.1) is 23.3 Å². The van der Waals surface area contributed by atoms with Gasteiger partial charge in [0.2, 0.25) is 5.28 Å². The predicted octanol–water partition coefficient (Wildman–Crippen LogP) is 2.53. The Hall–Kier alpha value is -2.11. The van der Waals surface area contributed by atoms with Crippen LogP contribution in [0.1, 0.15) is 39.5 Å². The third-order valence-electron chi connectivity index (χ3n) is 6.17. The summed E-state index contributed by atoms with van der Waals surface area (Å²) in [6.45, 7) is 7.44. The summed E-state index contributed by atoms with van der Waals surface area (Å²) >= 11 is 18.4. The second-order valence-corrected chi connectivity index (χ2v) is 9.67. The fourth-order valence-corrected chi connectivity index (χ4v) is 4.76. The predicted molar refractivity (Wildman–Crippen MR) is 135 cm³/mol. The van der Waals surface area contributed by atoms with E-state index in [1.54, 1.807) is 13.0 Å². The van der Waals surface area contributed by atoms with Crippen molar-refractivity contribution >= 4 is 52.4 Å². The van der Waals surface area contributed by atoms with Crippen molar-refractivity contribution in [2.45, 2.75) is 25.8 Å². The molecule has 0 radical (unpaired) electrons. The summed E-state index contributed by atoms with van der Waals surface area (Å²) in [5.41, 5.74) is 1.15. The van der Waals surface area contributed by atoms with Gasteiger partial charge in [0.15, 0.2) is 0 Å². The van der Waals surface area contributed by atoms with Crippen LogP contribution in [0.3, 0.4) is 0 Å². The van der Waals surface area contributed by atoms with Crippen LogP contribution < -0.4 is 15.5 Å². The number of piperidine rings is 1. The highest BCUT2D eigenvalue weighted by molar-refractivity contribution is 6.44. The summed E-state index contributed by atoms with van der Waals surface area (Å²) in [4.78, 5) is 40.9. The Balaban J connectivity index is 1.30. The third-order valence-corrected chi connectivity index (χ3v) is 7.29. The molecule has 35 heavy (non-hydrogen) atoms. The van der Waals surface area contributed by atoms with Crippen molar-refractivity contribution in [1.29, 1.82) is 0 Å². The second-order valence-electron chi connectivity index (χ2n) is 8.58. The number of nitrogens with zero attached hydrogens (tertiary/aromatic N) is 4. The summed E-state index contributed by atoms with van der Waals surface area (Å²) in [5, 5.41) is 6.50. The first-order valence-corrected chi connectivity index (χ1v) is 12.7. The van der Waals surface area contributed by atoms with Crippen molar-refractivity contribution in [3.05, 3.63) is 38.5 Å². The molecule has 4 rings (SSSR count). The molecule has 190 valence electrons. The van der Waals surface area contributed by atoms with E-state index in [1.807, 2.05) is 4.90 Å². The first-order chi connectivity index (χ1) is 16.8. The van der Waals surface area contributed by atoms with E-state index in [2.05, 4.69) is 30.5 Å². The number of aromatic amines is 1. The summed E-state index contributed by atoms with van der Waals surface area (Å²) < 4.78 is 5.34. The maximum Gasteiger partial charge on any atom is 0.270 e. The molecule has 0 saturated carbocycles. The lowest BCUT2D eigenvalue weighted by atomic mass is 10.0. The molecule has 4 heterocycles. The number of aryl methyl sites for hydroxylation is 1. The van der Waals surface area contributed by atoms with Gasteiger partial charge in [-0.2, -0.15) is 0 Å². The molecule has 2 amide bonds. The number of amides is 2. The second kappa shape index (κ2) is 11.7. The number of carbonyl (C=O) groups is 2. The van der Waals surface area contributed by atoms with Crippen LogP contribution in [0.15, 0.2) is 6.07 Å². The van der Waals surface area contributed by atoms with Crippen LogP contribution in [0.2, 0.25) is 15.3 Å². The van der Waals surface area contributed by atoms with Gasteiger partial charge in [-0.1, -0.05) is 23.2 Å². The Morgan fingerprint density at radius 2 is 1.80 bits per heavy atom. The number of nitrogens with one attached hydrogen (secondary N) is 3. The number of rotatable bonds is 7. The minimum absolute atomic E-state index is 0.0184. The van der Waals surface area contributed by atoms with E-state index in [9.17, 15) is 9.59 Å². The minimum atomic E-state index is -0.289. The molecule has 10 nitrogen and oxygen atoms in total. The Morgan fingerprint density at radius 3 is 2.46 bits per heavy atom. The maximum absolute atomic E-state index is 12.6. The van der Waals surface area contributed by atoms with Crippen LogP contribution >= 0.6 is 34.8 Å². The van der Waals surface area contributed by atoms with Crippen molar-refractivity contribution < 1.29 is 14.3 Å². The van der Waals surface area contributed by atoms with Crippen LogP contribution in [0, 0.1) is 6.92 Å². The number of hydrogen-bond acceptors (Lipinski definition) is 7. The van der Waals surface area contributed by atoms with Crippen molar-refractivity contribution in [3.63, 3.8) is 0 Å². The number of aromatic nitrogens is 3. The van der Waals surface area contributed by atoms with Crippen LogP contribution in [0.5, 0.6) is 0 Å². The highest BCUT2D eigenvalue weighted by Gasteiger charge is 2.25. The number of halogens is 3. The Labute approximate surface area is 218 Å². The number of carbonyl (C=O) groups excluding carboxylic acids is 2. The SMILES string of the molecule is Cc1[nH]c(C(=O)NC2CCN(c3cc(C(=O)NCCN4CCOCC4)nc(Cl)n3)CC2)c(Cl)c1Cl. The van der Waals surface area contributed by atoms with Gasteiger partial charge >= 0.3 is 0 Å². The average Bonchev–Trinajstić information content (AvgIpc) is 3.12. The van der Waals surface area contributed by atoms with Crippen molar-refractivity contribution in [2.75, 3.05) is 57.4 Å². The van der Waals surface area contributed by atoms with Gasteiger partial charge in [-0.05, 0) is 31.4 Å². The van der Waals surface area contributed by atoms with Crippen molar-refractivity contribution in [1.82, 2.24) is 30.5 Å². The zero-order valence-electron chi connectivity index (χ0n) is 19.4. The van der Waals surface area contributed by atoms with Gasteiger partial charge < -0.3 is 25.3 Å². The van der Waals surface area contributed by atoms with Gasteiger partial charge in [-0.15, -0.1) is 0 Å². The van der Waals surface area contributed by atoms with E-state index < -0.39 is 0 Å². The fraction of sp³-hybridized carbons (Fsp3) is 0.545. The molecule has 0 aromatic carbocycles. The number of morpholine rings is 1. The van der Waals surface area contributed by atoms with Crippen LogP contribution in [0.4, 0.5) is 5.82 Å². The first-order valence-electron chi connectivity index (χ1n) is 11.5. The fourth-order valence-electron chi connectivity index (χ4n) is 4.17. The van der Waals surface area contributed by atoms with E-state index in [0.29, 0.717) is 62.2 Å². The minimum Gasteiger partial charge on any atom is -0.379 e. The largest absolute Gasteiger partial charge is 0.379 e. The molecule has 2 aromatic heterocycles. The summed E-state index contributed by atoms with van der Waals surface area (Å²) in [5.74, 6) is 0.00947. The molecule has 0 aliphatic carbocycles. The number of ether oxygens (including phenoxy) is 1. The lowest BCUT2D eigenvalue weighted by Gasteiger charge is -2.33. The van der Waals surface area contributed by atoms with Gasteiger partial charge in [-0.3, -0.25) is 14.5 Å². The molecule has 0 atom stereocenters. The average molecular weight is 545 g/mol. The zero-order chi connectivity index (χ0) is 24.9. The Kier molecular flexibility index (Phi) is 8.72. The summed E-state index contributed by atoms with van der Waals surface area (Å²) in [6, 6.07) is 1.62. The molecule has 0 unspecified atom stereocenters. The lowest BCUT2D eigenvalue weighted by Crippen LogP contribution is -2.45. The Morgan fingerprint density at radius 1 is 1.09 bits per heavy atom. The van der Waals surface area contributed by atoms with Crippen molar-refractivity contribution in [2.24, 2.45) is 0 Å². The van der Waals surface area contributed by atoms with Crippen LogP contribution in [-0.4, -0.2) is 90.2 Å². The molecule has 2 fully saturated rings. The van der Waals surface area contributed by atoms with Crippen LogP contribution in [0.25, 0.3) is 0 Å². The molecule has 2 aliphatic heterocycles. The van der Waals surface area contributed by atoms with Crippen molar-refractivity contribution in [3.8, 4) is 0 Å². The van der Waals surface area contributed by atoms with Crippen LogP contribution in [-0.2, 0) is 4.74 Å². The van der Waals surface area contributed by atoms with Gasteiger partial charge in [0, 0.05) is 57.1 Å². The molecule has 2 saturated heterocycles. The third kappa shape index (κ3) is 6.56. The highest BCUT2D eigenvalue weighted by Crippen LogP contribution is 2.29. The zero-order valence-corrected chi connectivity index (χ0v) is 21.6.